The molecule has 0 aliphatic rings. The van der Waals surface area contributed by atoms with Crippen molar-refractivity contribution in [3.8, 4) is 5.75 Å². The highest BCUT2D eigenvalue weighted by atomic mass is 16.5. The Morgan fingerprint density at radius 2 is 2.00 bits per heavy atom. The Kier molecular flexibility index (Phi) is 3.32. The number of carbonyl (C=O) groups is 1. The van der Waals surface area contributed by atoms with Crippen LogP contribution >= 0.6 is 0 Å². The first-order valence-corrected chi connectivity index (χ1v) is 5.43. The zero-order chi connectivity index (χ0) is 13.1. The number of aryl methyl sites for hydroxylation is 2. The largest absolute Gasteiger partial charge is 0.484 e. The first kappa shape index (κ1) is 12.2. The molecular weight excluding hydrogens is 234 g/mol. The van der Waals surface area contributed by atoms with Crippen LogP contribution in [0.2, 0.25) is 0 Å². The molecule has 0 aliphatic heterocycles. The summed E-state index contributed by atoms with van der Waals surface area (Å²) in [5.41, 5.74) is 2.08. The number of carboxylic acid groups (broad SMARTS) is 1. The third-order valence-corrected chi connectivity index (χ3v) is 2.33. The minimum Gasteiger partial charge on any atom is -0.484 e. The predicted molar refractivity (Wildman–Crippen MR) is 63.7 cm³/mol. The summed E-state index contributed by atoms with van der Waals surface area (Å²) in [5, 5.41) is 8.69. The number of ether oxygens (including phenoxy) is 1. The second-order valence-electron chi connectivity index (χ2n) is 4.04. The van der Waals surface area contributed by atoms with Gasteiger partial charge >= 0.3 is 5.97 Å². The summed E-state index contributed by atoms with van der Waals surface area (Å²) in [6.45, 7) is 4.07. The van der Waals surface area contributed by atoms with Gasteiger partial charge in [-0.3, -0.25) is 0 Å². The molecule has 94 valence electrons. The van der Waals surface area contributed by atoms with E-state index in [4.69, 9.17) is 14.3 Å². The number of aromatic nitrogens is 1. The van der Waals surface area contributed by atoms with Gasteiger partial charge < -0.3 is 14.3 Å². The van der Waals surface area contributed by atoms with Gasteiger partial charge in [0.15, 0.2) is 12.3 Å². The van der Waals surface area contributed by atoms with Crippen LogP contribution in [0.5, 0.6) is 5.75 Å². The summed E-state index contributed by atoms with van der Waals surface area (Å²) < 4.78 is 10.5. The molecule has 0 atom stereocenters. The van der Waals surface area contributed by atoms with Gasteiger partial charge in [-0.2, -0.15) is 0 Å². The van der Waals surface area contributed by atoms with E-state index in [1.165, 1.54) is 0 Å². The lowest BCUT2D eigenvalue weighted by molar-refractivity contribution is 0.0690. The van der Waals surface area contributed by atoms with Crippen molar-refractivity contribution in [2.75, 3.05) is 0 Å². The number of hydrogen-bond donors (Lipinski definition) is 1. The van der Waals surface area contributed by atoms with Crippen LogP contribution in [0.1, 0.15) is 27.5 Å². The number of oxazole rings is 1. The molecule has 1 heterocycles. The molecule has 1 N–H and O–H groups in total. The minimum absolute atomic E-state index is 0.107. The average molecular weight is 247 g/mol. The zero-order valence-corrected chi connectivity index (χ0v) is 10.1. The molecule has 0 saturated carbocycles. The van der Waals surface area contributed by atoms with Crippen LogP contribution in [0.4, 0.5) is 0 Å². The normalized spacial score (nSPS) is 10.3. The van der Waals surface area contributed by atoms with Crippen LogP contribution < -0.4 is 4.74 Å². The third-order valence-electron chi connectivity index (χ3n) is 2.33. The Hall–Kier alpha value is -2.30. The van der Waals surface area contributed by atoms with Crippen molar-refractivity contribution in [3.05, 3.63) is 47.2 Å². The van der Waals surface area contributed by atoms with E-state index in [-0.39, 0.29) is 18.2 Å². The van der Waals surface area contributed by atoms with Gasteiger partial charge in [-0.1, -0.05) is 6.07 Å². The van der Waals surface area contributed by atoms with Crippen LogP contribution in [-0.2, 0) is 6.61 Å². The van der Waals surface area contributed by atoms with Crippen molar-refractivity contribution in [3.63, 3.8) is 0 Å². The number of benzene rings is 1. The number of hydrogen-bond acceptors (Lipinski definition) is 4. The topological polar surface area (TPSA) is 72.6 Å². The molecule has 2 aromatic rings. The molecular formula is C13H13NO4. The van der Waals surface area contributed by atoms with Crippen molar-refractivity contribution in [2.45, 2.75) is 20.5 Å². The summed E-state index contributed by atoms with van der Waals surface area (Å²) in [4.78, 5) is 14.4. The monoisotopic (exact) mass is 247 g/mol. The van der Waals surface area contributed by atoms with Gasteiger partial charge in [0.2, 0.25) is 5.89 Å². The van der Waals surface area contributed by atoms with E-state index in [0.717, 1.165) is 17.4 Å². The maximum atomic E-state index is 10.6. The molecule has 1 aromatic heterocycles. The standard InChI is InChI=1S/C13H13NO4/c1-8-3-9(2)5-10(4-8)17-7-12-14-11(6-18-12)13(15)16/h3-6H,7H2,1-2H3,(H,15,16). The first-order chi connectivity index (χ1) is 8.54. The summed E-state index contributed by atoms with van der Waals surface area (Å²) in [6.07, 6.45) is 1.10. The van der Waals surface area contributed by atoms with E-state index in [9.17, 15) is 4.79 Å². The van der Waals surface area contributed by atoms with Gasteiger partial charge in [0.05, 0.1) is 0 Å². The maximum Gasteiger partial charge on any atom is 0.357 e. The lowest BCUT2D eigenvalue weighted by Gasteiger charge is -2.05. The number of nitrogens with zero attached hydrogens (tertiary/aromatic N) is 1. The smallest absolute Gasteiger partial charge is 0.357 e. The molecule has 0 spiro atoms. The van der Waals surface area contributed by atoms with Crippen LogP contribution in [0.3, 0.4) is 0 Å². The highest BCUT2D eigenvalue weighted by Gasteiger charge is 2.10. The van der Waals surface area contributed by atoms with Crippen molar-refractivity contribution in [2.24, 2.45) is 0 Å². The van der Waals surface area contributed by atoms with E-state index < -0.39 is 5.97 Å². The molecule has 0 amide bonds. The summed E-state index contributed by atoms with van der Waals surface area (Å²) in [5.74, 6) is -0.162. The molecule has 0 unspecified atom stereocenters. The summed E-state index contributed by atoms with van der Waals surface area (Å²) >= 11 is 0. The van der Waals surface area contributed by atoms with Gasteiger partial charge in [0, 0.05) is 0 Å². The molecule has 2 rings (SSSR count). The molecule has 18 heavy (non-hydrogen) atoms. The highest BCUT2D eigenvalue weighted by molar-refractivity contribution is 5.84. The van der Waals surface area contributed by atoms with Crippen LogP contribution in [0.25, 0.3) is 0 Å². The lowest BCUT2D eigenvalue weighted by Crippen LogP contribution is -1.99. The number of carboxylic acids is 1. The van der Waals surface area contributed by atoms with Crippen molar-refractivity contribution >= 4 is 5.97 Å². The highest BCUT2D eigenvalue weighted by Crippen LogP contribution is 2.17. The van der Waals surface area contributed by atoms with Gasteiger partial charge in [0.1, 0.15) is 12.0 Å². The fourth-order valence-electron chi connectivity index (χ4n) is 1.64. The second-order valence-corrected chi connectivity index (χ2v) is 4.04. The summed E-state index contributed by atoms with van der Waals surface area (Å²) in [6, 6.07) is 5.84. The quantitative estimate of drug-likeness (QED) is 0.898. The van der Waals surface area contributed by atoms with Crippen LogP contribution in [-0.4, -0.2) is 16.1 Å². The molecule has 0 fully saturated rings. The molecule has 5 heteroatoms. The fourth-order valence-corrected chi connectivity index (χ4v) is 1.64. The van der Waals surface area contributed by atoms with Gasteiger partial charge in [-0.05, 0) is 37.1 Å². The third kappa shape index (κ3) is 2.88. The van der Waals surface area contributed by atoms with E-state index in [1.807, 2.05) is 32.0 Å². The Bertz CT molecular complexity index is 554. The maximum absolute atomic E-state index is 10.6. The van der Waals surface area contributed by atoms with Crippen molar-refractivity contribution in [1.29, 1.82) is 0 Å². The molecule has 0 bridgehead atoms. The van der Waals surface area contributed by atoms with Crippen molar-refractivity contribution in [1.82, 2.24) is 4.98 Å². The zero-order valence-electron chi connectivity index (χ0n) is 10.1. The Balaban J connectivity index is 2.04. The van der Waals surface area contributed by atoms with E-state index in [2.05, 4.69) is 4.98 Å². The van der Waals surface area contributed by atoms with Crippen LogP contribution in [0.15, 0.2) is 28.9 Å². The molecule has 1 aromatic carbocycles. The number of rotatable bonds is 4. The molecule has 0 radical (unpaired) electrons. The Morgan fingerprint density at radius 3 is 2.56 bits per heavy atom. The van der Waals surface area contributed by atoms with E-state index in [1.54, 1.807) is 0 Å². The summed E-state index contributed by atoms with van der Waals surface area (Å²) in [7, 11) is 0. The fraction of sp³-hybridized carbons (Fsp3) is 0.231. The second kappa shape index (κ2) is 4.91. The lowest BCUT2D eigenvalue weighted by atomic mass is 10.1. The van der Waals surface area contributed by atoms with Gasteiger partial charge in [0.25, 0.3) is 0 Å². The molecule has 5 nitrogen and oxygen atoms in total. The van der Waals surface area contributed by atoms with E-state index in [0.29, 0.717) is 5.75 Å². The van der Waals surface area contributed by atoms with Gasteiger partial charge in [-0.25, -0.2) is 9.78 Å². The molecule has 0 aliphatic carbocycles. The van der Waals surface area contributed by atoms with Crippen molar-refractivity contribution < 1.29 is 19.1 Å². The predicted octanol–water partition coefficient (Wildman–Crippen LogP) is 2.57. The Labute approximate surface area is 104 Å². The van der Waals surface area contributed by atoms with Gasteiger partial charge in [-0.15, -0.1) is 0 Å². The van der Waals surface area contributed by atoms with Crippen LogP contribution in [0, 0.1) is 13.8 Å². The first-order valence-electron chi connectivity index (χ1n) is 5.43. The number of aromatic carboxylic acids is 1. The SMILES string of the molecule is Cc1cc(C)cc(OCc2nc(C(=O)O)co2)c1. The van der Waals surface area contributed by atoms with E-state index >= 15 is 0 Å². The average Bonchev–Trinajstić information content (AvgIpc) is 2.73. The Morgan fingerprint density at radius 1 is 1.33 bits per heavy atom. The molecule has 0 saturated heterocycles. The minimum atomic E-state index is -1.11.